The SMILES string of the molecule is O=c1[nH]cc(Br)cc1Cc1ccc2ccccc2c1. The summed E-state index contributed by atoms with van der Waals surface area (Å²) in [5, 5.41) is 2.42. The third kappa shape index (κ3) is 2.61. The molecule has 0 aliphatic rings. The van der Waals surface area contributed by atoms with Crippen LogP contribution in [0.3, 0.4) is 0 Å². The van der Waals surface area contributed by atoms with Gasteiger partial charge in [0.15, 0.2) is 0 Å². The molecule has 0 unspecified atom stereocenters. The van der Waals surface area contributed by atoms with E-state index in [2.05, 4.69) is 51.2 Å². The van der Waals surface area contributed by atoms with Crippen molar-refractivity contribution in [3.05, 3.63) is 80.7 Å². The van der Waals surface area contributed by atoms with Gasteiger partial charge < -0.3 is 4.98 Å². The number of hydrogen-bond donors (Lipinski definition) is 1. The normalized spacial score (nSPS) is 10.8. The molecule has 0 amide bonds. The van der Waals surface area contributed by atoms with Crippen LogP contribution in [0.5, 0.6) is 0 Å². The molecule has 0 fully saturated rings. The summed E-state index contributed by atoms with van der Waals surface area (Å²) in [6.07, 6.45) is 2.30. The minimum Gasteiger partial charge on any atom is -0.328 e. The second-order valence-electron chi connectivity index (χ2n) is 4.53. The molecular weight excluding hydrogens is 302 g/mol. The van der Waals surface area contributed by atoms with Crippen LogP contribution in [0.15, 0.2) is 64.0 Å². The van der Waals surface area contributed by atoms with Gasteiger partial charge in [-0.25, -0.2) is 0 Å². The molecular formula is C16H12BrNO. The van der Waals surface area contributed by atoms with Crippen molar-refractivity contribution in [3.63, 3.8) is 0 Å². The predicted molar refractivity (Wildman–Crippen MR) is 81.5 cm³/mol. The first-order valence-corrected chi connectivity index (χ1v) is 6.86. The van der Waals surface area contributed by atoms with E-state index in [9.17, 15) is 4.79 Å². The number of rotatable bonds is 2. The second kappa shape index (κ2) is 5.02. The highest BCUT2D eigenvalue weighted by Gasteiger charge is 2.03. The van der Waals surface area contributed by atoms with Crippen molar-refractivity contribution in [1.82, 2.24) is 4.98 Å². The van der Waals surface area contributed by atoms with Crippen molar-refractivity contribution < 1.29 is 0 Å². The Kier molecular flexibility index (Phi) is 3.22. The highest BCUT2D eigenvalue weighted by atomic mass is 79.9. The standard InChI is InChI=1S/C16H12BrNO/c17-15-9-14(16(19)18-10-15)8-11-5-6-12-3-1-2-4-13(12)7-11/h1-7,9-10H,8H2,(H,18,19). The number of H-pyrrole nitrogens is 1. The van der Waals surface area contributed by atoms with Crippen LogP contribution in [-0.2, 0) is 6.42 Å². The summed E-state index contributed by atoms with van der Waals surface area (Å²) in [6, 6.07) is 16.4. The average molecular weight is 314 g/mol. The molecule has 0 atom stereocenters. The van der Waals surface area contributed by atoms with Gasteiger partial charge in [0.05, 0.1) is 0 Å². The Hall–Kier alpha value is -1.87. The summed E-state index contributed by atoms with van der Waals surface area (Å²) in [7, 11) is 0. The summed E-state index contributed by atoms with van der Waals surface area (Å²) in [6.45, 7) is 0. The first-order valence-electron chi connectivity index (χ1n) is 6.07. The van der Waals surface area contributed by atoms with Crippen LogP contribution >= 0.6 is 15.9 Å². The molecule has 3 heteroatoms. The van der Waals surface area contributed by atoms with E-state index < -0.39 is 0 Å². The van der Waals surface area contributed by atoms with E-state index in [0.29, 0.717) is 6.42 Å². The summed E-state index contributed by atoms with van der Waals surface area (Å²) >= 11 is 3.38. The van der Waals surface area contributed by atoms with Crippen LogP contribution in [0.25, 0.3) is 10.8 Å². The van der Waals surface area contributed by atoms with Gasteiger partial charge in [-0.2, -0.15) is 0 Å². The third-order valence-electron chi connectivity index (χ3n) is 3.15. The molecule has 2 nitrogen and oxygen atoms in total. The van der Waals surface area contributed by atoms with E-state index in [-0.39, 0.29) is 5.56 Å². The lowest BCUT2D eigenvalue weighted by Crippen LogP contribution is -2.11. The Morgan fingerprint density at radius 3 is 2.63 bits per heavy atom. The van der Waals surface area contributed by atoms with Crippen LogP contribution in [-0.4, -0.2) is 4.98 Å². The predicted octanol–water partition coefficient (Wildman–Crippen LogP) is 3.88. The number of fused-ring (bicyclic) bond motifs is 1. The van der Waals surface area contributed by atoms with Crippen LogP contribution in [0.1, 0.15) is 11.1 Å². The average Bonchev–Trinajstić information content (AvgIpc) is 2.43. The molecule has 1 aromatic heterocycles. The van der Waals surface area contributed by atoms with Crippen molar-refractivity contribution >= 4 is 26.7 Å². The highest BCUT2D eigenvalue weighted by Crippen LogP contribution is 2.18. The van der Waals surface area contributed by atoms with Crippen molar-refractivity contribution in [2.45, 2.75) is 6.42 Å². The zero-order valence-electron chi connectivity index (χ0n) is 10.2. The topological polar surface area (TPSA) is 32.9 Å². The zero-order valence-corrected chi connectivity index (χ0v) is 11.8. The van der Waals surface area contributed by atoms with Crippen LogP contribution in [0.2, 0.25) is 0 Å². The molecule has 0 bridgehead atoms. The molecule has 19 heavy (non-hydrogen) atoms. The summed E-state index contributed by atoms with van der Waals surface area (Å²) in [5.74, 6) is 0. The summed E-state index contributed by atoms with van der Waals surface area (Å²) < 4.78 is 0.892. The largest absolute Gasteiger partial charge is 0.328 e. The van der Waals surface area contributed by atoms with Gasteiger partial charge in [-0.15, -0.1) is 0 Å². The van der Waals surface area contributed by atoms with Crippen molar-refractivity contribution in [2.24, 2.45) is 0 Å². The number of halogens is 1. The van der Waals surface area contributed by atoms with Gasteiger partial charge in [0.1, 0.15) is 0 Å². The molecule has 0 aliphatic carbocycles. The Morgan fingerprint density at radius 2 is 1.79 bits per heavy atom. The molecule has 0 aliphatic heterocycles. The molecule has 0 radical (unpaired) electrons. The Balaban J connectivity index is 2.01. The molecule has 94 valence electrons. The maximum absolute atomic E-state index is 11.8. The van der Waals surface area contributed by atoms with E-state index in [0.717, 1.165) is 15.6 Å². The van der Waals surface area contributed by atoms with E-state index in [1.165, 1.54) is 10.8 Å². The molecule has 0 saturated heterocycles. The molecule has 0 spiro atoms. The van der Waals surface area contributed by atoms with E-state index in [1.807, 2.05) is 18.2 Å². The monoisotopic (exact) mass is 313 g/mol. The van der Waals surface area contributed by atoms with Gasteiger partial charge >= 0.3 is 0 Å². The first-order chi connectivity index (χ1) is 9.22. The van der Waals surface area contributed by atoms with Crippen LogP contribution < -0.4 is 5.56 Å². The minimum atomic E-state index is -0.0311. The molecule has 2 aromatic carbocycles. The van der Waals surface area contributed by atoms with E-state index in [1.54, 1.807) is 6.20 Å². The highest BCUT2D eigenvalue weighted by molar-refractivity contribution is 9.10. The Bertz CT molecular complexity index is 792. The number of aromatic nitrogens is 1. The van der Waals surface area contributed by atoms with Gasteiger partial charge in [0.25, 0.3) is 5.56 Å². The van der Waals surface area contributed by atoms with Gasteiger partial charge in [0.2, 0.25) is 0 Å². The number of pyridine rings is 1. The fourth-order valence-corrected chi connectivity index (χ4v) is 2.59. The fraction of sp³-hybridized carbons (Fsp3) is 0.0625. The van der Waals surface area contributed by atoms with Gasteiger partial charge in [-0.3, -0.25) is 4.79 Å². The number of nitrogens with one attached hydrogen (secondary N) is 1. The smallest absolute Gasteiger partial charge is 0.251 e. The number of benzene rings is 2. The van der Waals surface area contributed by atoms with Gasteiger partial charge in [-0.05, 0) is 38.3 Å². The lowest BCUT2D eigenvalue weighted by molar-refractivity contribution is 1.09. The Labute approximate surface area is 119 Å². The fourth-order valence-electron chi connectivity index (χ4n) is 2.20. The van der Waals surface area contributed by atoms with Crippen LogP contribution in [0.4, 0.5) is 0 Å². The first kappa shape index (κ1) is 12.2. The van der Waals surface area contributed by atoms with Crippen molar-refractivity contribution in [3.8, 4) is 0 Å². The summed E-state index contributed by atoms with van der Waals surface area (Å²) in [4.78, 5) is 14.5. The van der Waals surface area contributed by atoms with E-state index in [4.69, 9.17) is 0 Å². The molecule has 1 N–H and O–H groups in total. The maximum atomic E-state index is 11.8. The van der Waals surface area contributed by atoms with E-state index >= 15 is 0 Å². The zero-order chi connectivity index (χ0) is 13.2. The third-order valence-corrected chi connectivity index (χ3v) is 3.61. The van der Waals surface area contributed by atoms with Gasteiger partial charge in [0, 0.05) is 22.7 Å². The van der Waals surface area contributed by atoms with Crippen molar-refractivity contribution in [1.29, 1.82) is 0 Å². The number of hydrogen-bond acceptors (Lipinski definition) is 1. The second-order valence-corrected chi connectivity index (χ2v) is 5.45. The van der Waals surface area contributed by atoms with Crippen LogP contribution in [0, 0.1) is 0 Å². The molecule has 3 aromatic rings. The lowest BCUT2D eigenvalue weighted by atomic mass is 10.0. The minimum absolute atomic E-state index is 0.0311. The molecule has 0 saturated carbocycles. The van der Waals surface area contributed by atoms with Gasteiger partial charge in [-0.1, -0.05) is 42.5 Å². The lowest BCUT2D eigenvalue weighted by Gasteiger charge is -2.04. The Morgan fingerprint density at radius 1 is 1.00 bits per heavy atom. The number of aromatic amines is 1. The molecule has 3 rings (SSSR count). The quantitative estimate of drug-likeness (QED) is 0.765. The van der Waals surface area contributed by atoms with Crippen molar-refractivity contribution in [2.75, 3.05) is 0 Å². The summed E-state index contributed by atoms with van der Waals surface area (Å²) in [5.41, 5.74) is 1.88. The maximum Gasteiger partial charge on any atom is 0.251 e. The molecule has 1 heterocycles.